The Balaban J connectivity index is 2.53. The molecule has 5 heteroatoms. The van der Waals surface area contributed by atoms with Gasteiger partial charge in [0.1, 0.15) is 5.82 Å². The second kappa shape index (κ2) is 5.23. The lowest BCUT2D eigenvalue weighted by Crippen LogP contribution is -2.15. The molecule has 0 radical (unpaired) electrons. The lowest BCUT2D eigenvalue weighted by Gasteiger charge is -2.16. The third-order valence-electron chi connectivity index (χ3n) is 2.93. The molecule has 0 spiro atoms. The molecule has 0 saturated carbocycles. The van der Waals surface area contributed by atoms with E-state index in [1.54, 1.807) is 25.1 Å². The Hall–Kier alpha value is -1.52. The summed E-state index contributed by atoms with van der Waals surface area (Å²) >= 11 is 6.09. The fourth-order valence-electron chi connectivity index (χ4n) is 1.85. The van der Waals surface area contributed by atoms with Crippen molar-refractivity contribution in [1.29, 1.82) is 0 Å². The molecule has 2 aromatic carbocycles. The van der Waals surface area contributed by atoms with Crippen molar-refractivity contribution in [3.63, 3.8) is 0 Å². The Morgan fingerprint density at radius 2 is 1.63 bits per heavy atom. The van der Waals surface area contributed by atoms with Crippen LogP contribution in [-0.4, -0.2) is 0 Å². The quantitative estimate of drug-likeness (QED) is 0.826. The second-order valence-electron chi connectivity index (χ2n) is 4.24. The first kappa shape index (κ1) is 13.9. The Kier molecular flexibility index (Phi) is 3.83. The van der Waals surface area contributed by atoms with E-state index in [2.05, 4.69) is 0 Å². The fourth-order valence-corrected chi connectivity index (χ4v) is 2.10. The van der Waals surface area contributed by atoms with Crippen molar-refractivity contribution in [3.8, 4) is 0 Å². The summed E-state index contributed by atoms with van der Waals surface area (Å²) in [4.78, 5) is 0. The maximum absolute atomic E-state index is 13.7. The summed E-state index contributed by atoms with van der Waals surface area (Å²) in [5, 5.41) is 0.388. The van der Waals surface area contributed by atoms with Crippen LogP contribution in [0.15, 0.2) is 30.3 Å². The minimum Gasteiger partial charge on any atom is -0.320 e. The number of rotatable bonds is 2. The highest BCUT2D eigenvalue weighted by molar-refractivity contribution is 6.32. The first-order chi connectivity index (χ1) is 8.91. The van der Waals surface area contributed by atoms with Crippen LogP contribution in [0.25, 0.3) is 0 Å². The summed E-state index contributed by atoms with van der Waals surface area (Å²) in [5.41, 5.74) is 7.00. The Labute approximate surface area is 113 Å². The second-order valence-corrected chi connectivity index (χ2v) is 4.62. The highest BCUT2D eigenvalue weighted by Crippen LogP contribution is 2.30. The SMILES string of the molecule is Cc1cccc(C(N)c2cc(F)c(F)cc2F)c1Cl. The van der Waals surface area contributed by atoms with Gasteiger partial charge in [0.15, 0.2) is 11.6 Å². The van der Waals surface area contributed by atoms with Crippen molar-refractivity contribution in [2.24, 2.45) is 5.73 Å². The van der Waals surface area contributed by atoms with Crippen molar-refractivity contribution in [2.45, 2.75) is 13.0 Å². The third-order valence-corrected chi connectivity index (χ3v) is 3.45. The van der Waals surface area contributed by atoms with Crippen molar-refractivity contribution < 1.29 is 13.2 Å². The van der Waals surface area contributed by atoms with Gasteiger partial charge in [0, 0.05) is 16.7 Å². The zero-order valence-electron chi connectivity index (χ0n) is 10.1. The fraction of sp³-hybridized carbons (Fsp3) is 0.143. The predicted molar refractivity (Wildman–Crippen MR) is 68.5 cm³/mol. The van der Waals surface area contributed by atoms with Gasteiger partial charge in [0.05, 0.1) is 6.04 Å². The van der Waals surface area contributed by atoms with E-state index in [1.807, 2.05) is 0 Å². The Morgan fingerprint density at radius 1 is 1.00 bits per heavy atom. The number of benzene rings is 2. The van der Waals surface area contributed by atoms with Crippen LogP contribution in [0, 0.1) is 24.4 Å². The smallest absolute Gasteiger partial charge is 0.161 e. The maximum Gasteiger partial charge on any atom is 0.161 e. The minimum absolute atomic E-state index is 0.133. The number of halogens is 4. The van der Waals surface area contributed by atoms with Gasteiger partial charge in [0.25, 0.3) is 0 Å². The molecule has 0 heterocycles. The van der Waals surface area contributed by atoms with Crippen LogP contribution in [0.5, 0.6) is 0 Å². The molecule has 0 saturated heterocycles. The van der Waals surface area contributed by atoms with Gasteiger partial charge in [-0.1, -0.05) is 29.8 Å². The summed E-state index contributed by atoms with van der Waals surface area (Å²) in [6.07, 6.45) is 0. The van der Waals surface area contributed by atoms with E-state index in [9.17, 15) is 13.2 Å². The van der Waals surface area contributed by atoms with Gasteiger partial charge in [-0.2, -0.15) is 0 Å². The van der Waals surface area contributed by atoms with Gasteiger partial charge >= 0.3 is 0 Å². The van der Waals surface area contributed by atoms with Crippen LogP contribution in [0.2, 0.25) is 5.02 Å². The van der Waals surface area contributed by atoms with Crippen LogP contribution >= 0.6 is 11.6 Å². The standard InChI is InChI=1S/C14H11ClF3N/c1-7-3-2-4-8(13(7)15)14(19)9-5-11(17)12(18)6-10(9)16/h2-6,14H,19H2,1H3. The van der Waals surface area contributed by atoms with Gasteiger partial charge in [-0.15, -0.1) is 0 Å². The zero-order valence-corrected chi connectivity index (χ0v) is 10.8. The van der Waals surface area contributed by atoms with Crippen molar-refractivity contribution in [2.75, 3.05) is 0 Å². The summed E-state index contributed by atoms with van der Waals surface area (Å²) in [7, 11) is 0. The maximum atomic E-state index is 13.7. The predicted octanol–water partition coefficient (Wildman–Crippen LogP) is 4.11. The zero-order chi connectivity index (χ0) is 14.2. The lowest BCUT2D eigenvalue weighted by molar-refractivity contribution is 0.487. The molecule has 2 N–H and O–H groups in total. The summed E-state index contributed by atoms with van der Waals surface area (Å²) < 4.78 is 39.7. The van der Waals surface area contributed by atoms with Crippen LogP contribution in [0.4, 0.5) is 13.2 Å². The third kappa shape index (κ3) is 2.60. The molecule has 0 bridgehead atoms. The van der Waals surface area contributed by atoms with E-state index in [0.717, 1.165) is 11.6 Å². The van der Waals surface area contributed by atoms with Crippen molar-refractivity contribution in [1.82, 2.24) is 0 Å². The number of hydrogen-bond acceptors (Lipinski definition) is 1. The van der Waals surface area contributed by atoms with E-state index < -0.39 is 23.5 Å². The molecule has 2 aromatic rings. The van der Waals surface area contributed by atoms with Gasteiger partial charge in [0.2, 0.25) is 0 Å². The van der Waals surface area contributed by atoms with Gasteiger partial charge in [-0.25, -0.2) is 13.2 Å². The average molecular weight is 286 g/mol. The molecule has 0 amide bonds. The summed E-state index contributed by atoms with van der Waals surface area (Å²) in [5.74, 6) is -3.29. The molecule has 2 rings (SSSR count). The first-order valence-electron chi connectivity index (χ1n) is 5.57. The monoisotopic (exact) mass is 285 g/mol. The van der Waals surface area contributed by atoms with Crippen LogP contribution in [0.1, 0.15) is 22.7 Å². The van der Waals surface area contributed by atoms with Crippen LogP contribution in [-0.2, 0) is 0 Å². The van der Waals surface area contributed by atoms with Crippen molar-refractivity contribution >= 4 is 11.6 Å². The molecule has 0 aliphatic carbocycles. The van der Waals surface area contributed by atoms with E-state index >= 15 is 0 Å². The number of aryl methyl sites for hydroxylation is 1. The van der Waals surface area contributed by atoms with E-state index in [-0.39, 0.29) is 5.56 Å². The largest absolute Gasteiger partial charge is 0.320 e. The number of hydrogen-bond donors (Lipinski definition) is 1. The first-order valence-corrected chi connectivity index (χ1v) is 5.94. The minimum atomic E-state index is -1.25. The molecular formula is C14H11ClF3N. The van der Waals surface area contributed by atoms with Gasteiger partial charge in [-0.3, -0.25) is 0 Å². The summed E-state index contributed by atoms with van der Waals surface area (Å²) in [6.45, 7) is 1.78. The molecule has 0 fully saturated rings. The highest BCUT2D eigenvalue weighted by atomic mass is 35.5. The Morgan fingerprint density at radius 3 is 2.32 bits per heavy atom. The van der Waals surface area contributed by atoms with Crippen LogP contribution in [0.3, 0.4) is 0 Å². The average Bonchev–Trinajstić information content (AvgIpc) is 2.36. The van der Waals surface area contributed by atoms with Crippen LogP contribution < -0.4 is 5.73 Å². The molecule has 0 aliphatic rings. The van der Waals surface area contributed by atoms with E-state index in [1.165, 1.54) is 0 Å². The molecule has 19 heavy (non-hydrogen) atoms. The molecule has 0 aliphatic heterocycles. The molecule has 1 unspecified atom stereocenters. The summed E-state index contributed by atoms with van der Waals surface area (Å²) in [6, 6.07) is 5.40. The van der Waals surface area contributed by atoms with Gasteiger partial charge in [-0.05, 0) is 24.1 Å². The molecular weight excluding hydrogens is 275 g/mol. The molecule has 0 aromatic heterocycles. The normalized spacial score (nSPS) is 12.5. The van der Waals surface area contributed by atoms with Gasteiger partial charge < -0.3 is 5.73 Å². The number of nitrogens with two attached hydrogens (primary N) is 1. The van der Waals surface area contributed by atoms with Crippen molar-refractivity contribution in [3.05, 3.63) is 69.5 Å². The topological polar surface area (TPSA) is 26.0 Å². The molecule has 100 valence electrons. The lowest BCUT2D eigenvalue weighted by atomic mass is 9.97. The van der Waals surface area contributed by atoms with E-state index in [4.69, 9.17) is 17.3 Å². The molecule has 1 atom stereocenters. The van der Waals surface area contributed by atoms with E-state index in [0.29, 0.717) is 16.7 Å². The highest BCUT2D eigenvalue weighted by Gasteiger charge is 2.19. The molecule has 1 nitrogen and oxygen atoms in total. The Bertz CT molecular complexity index is 628.